The smallest absolute Gasteiger partial charge is 0.186 e. The lowest BCUT2D eigenvalue weighted by Gasteiger charge is -2.16. The van der Waals surface area contributed by atoms with Gasteiger partial charge in [-0.3, -0.25) is 0 Å². The average molecular weight is 326 g/mol. The monoisotopic (exact) mass is 325 g/mol. The Morgan fingerprint density at radius 2 is 1.67 bits per heavy atom. The summed E-state index contributed by atoms with van der Waals surface area (Å²) in [6.07, 6.45) is 0. The summed E-state index contributed by atoms with van der Waals surface area (Å²) in [5, 5.41) is -0.250. The Morgan fingerprint density at radius 3 is 2.14 bits per heavy atom. The molecule has 0 aliphatic heterocycles. The summed E-state index contributed by atoms with van der Waals surface area (Å²) in [5.41, 5.74) is 6.31. The molecule has 0 aliphatic rings. The maximum Gasteiger partial charge on any atom is 0.186 e. The van der Waals surface area contributed by atoms with E-state index in [0.717, 1.165) is 0 Å². The molecule has 0 heterocycles. The van der Waals surface area contributed by atoms with Gasteiger partial charge in [-0.1, -0.05) is 23.7 Å². The number of halogens is 1. The van der Waals surface area contributed by atoms with Crippen LogP contribution in [0.1, 0.15) is 10.8 Å². The van der Waals surface area contributed by atoms with Gasteiger partial charge < -0.3 is 10.5 Å². The molecule has 2 aromatic rings. The van der Waals surface area contributed by atoms with Crippen molar-refractivity contribution in [2.75, 3.05) is 13.7 Å². The Bertz CT molecular complexity index is 697. The van der Waals surface area contributed by atoms with Crippen LogP contribution in [0.15, 0.2) is 53.4 Å². The van der Waals surface area contributed by atoms with E-state index in [0.29, 0.717) is 16.3 Å². The second-order valence-electron chi connectivity index (χ2n) is 4.50. The van der Waals surface area contributed by atoms with Crippen LogP contribution in [-0.2, 0) is 9.84 Å². The van der Waals surface area contributed by atoms with Crippen LogP contribution in [0.2, 0.25) is 5.02 Å². The van der Waals surface area contributed by atoms with Gasteiger partial charge in [0.05, 0.1) is 12.0 Å². The Labute approximate surface area is 129 Å². The minimum atomic E-state index is -3.57. The molecule has 2 N–H and O–H groups in total. The lowest BCUT2D eigenvalue weighted by Crippen LogP contribution is -2.22. The van der Waals surface area contributed by atoms with Crippen molar-refractivity contribution in [1.29, 1.82) is 0 Å². The number of hydrogen-bond donors (Lipinski definition) is 1. The highest BCUT2D eigenvalue weighted by Gasteiger charge is 2.27. The molecule has 0 aliphatic carbocycles. The molecule has 0 bridgehead atoms. The summed E-state index contributed by atoms with van der Waals surface area (Å²) in [7, 11) is -2.04. The molecule has 0 fully saturated rings. The molecule has 1 atom stereocenters. The van der Waals surface area contributed by atoms with Gasteiger partial charge in [-0.05, 0) is 42.0 Å². The Hall–Kier alpha value is -1.56. The highest BCUT2D eigenvalue weighted by atomic mass is 35.5. The number of sulfone groups is 1. The summed E-state index contributed by atoms with van der Waals surface area (Å²) in [6.45, 7) is -0.00397. The van der Waals surface area contributed by atoms with Gasteiger partial charge in [-0.15, -0.1) is 0 Å². The van der Waals surface area contributed by atoms with E-state index in [9.17, 15) is 8.42 Å². The molecule has 0 saturated heterocycles. The molecule has 0 radical (unpaired) electrons. The first-order chi connectivity index (χ1) is 9.98. The maximum atomic E-state index is 12.7. The third-order valence-corrected chi connectivity index (χ3v) is 5.61. The predicted octanol–water partition coefficient (Wildman–Crippen LogP) is 2.82. The Balaban J connectivity index is 2.41. The summed E-state index contributed by atoms with van der Waals surface area (Å²) in [5.74, 6) is 0.602. The minimum Gasteiger partial charge on any atom is -0.497 e. The van der Waals surface area contributed by atoms with E-state index in [1.807, 2.05) is 0 Å². The van der Waals surface area contributed by atoms with Crippen LogP contribution in [0.3, 0.4) is 0 Å². The van der Waals surface area contributed by atoms with Crippen molar-refractivity contribution >= 4 is 21.4 Å². The molecule has 0 saturated carbocycles. The fourth-order valence-electron chi connectivity index (χ4n) is 2.05. The second-order valence-corrected chi connectivity index (χ2v) is 7.06. The summed E-state index contributed by atoms with van der Waals surface area (Å²) in [6, 6.07) is 12.9. The quantitative estimate of drug-likeness (QED) is 0.917. The zero-order valence-corrected chi connectivity index (χ0v) is 13.1. The van der Waals surface area contributed by atoms with Gasteiger partial charge in [-0.25, -0.2) is 8.42 Å². The number of ether oxygens (including phenoxy) is 1. The topological polar surface area (TPSA) is 69.4 Å². The first-order valence-corrected chi connectivity index (χ1v) is 8.25. The Morgan fingerprint density at radius 1 is 1.10 bits per heavy atom. The number of hydrogen-bond acceptors (Lipinski definition) is 4. The predicted molar refractivity (Wildman–Crippen MR) is 83.4 cm³/mol. The van der Waals surface area contributed by atoms with Crippen molar-refractivity contribution in [3.05, 3.63) is 59.1 Å². The lowest BCUT2D eigenvalue weighted by atomic mass is 10.1. The molecule has 1 unspecified atom stereocenters. The minimum absolute atomic E-state index is 0.00397. The fourth-order valence-corrected chi connectivity index (χ4v) is 3.79. The van der Waals surface area contributed by atoms with E-state index >= 15 is 0 Å². The van der Waals surface area contributed by atoms with Gasteiger partial charge in [-0.2, -0.15) is 0 Å². The molecule has 21 heavy (non-hydrogen) atoms. The van der Waals surface area contributed by atoms with Crippen molar-refractivity contribution in [3.8, 4) is 5.75 Å². The molecule has 0 amide bonds. The molecular formula is C15H16ClNO3S. The third kappa shape index (κ3) is 3.37. The van der Waals surface area contributed by atoms with E-state index < -0.39 is 15.1 Å². The van der Waals surface area contributed by atoms with E-state index in [-0.39, 0.29) is 11.4 Å². The van der Waals surface area contributed by atoms with Crippen molar-refractivity contribution < 1.29 is 13.2 Å². The van der Waals surface area contributed by atoms with E-state index in [1.54, 1.807) is 36.4 Å². The van der Waals surface area contributed by atoms with Gasteiger partial charge in [0.15, 0.2) is 9.84 Å². The average Bonchev–Trinajstić information content (AvgIpc) is 2.50. The summed E-state index contributed by atoms with van der Waals surface area (Å²) in [4.78, 5) is 0.216. The normalized spacial score (nSPS) is 12.9. The van der Waals surface area contributed by atoms with Crippen molar-refractivity contribution in [2.24, 2.45) is 5.73 Å². The van der Waals surface area contributed by atoms with Gasteiger partial charge in [0.25, 0.3) is 0 Å². The van der Waals surface area contributed by atoms with Crippen LogP contribution in [0.4, 0.5) is 0 Å². The number of methoxy groups -OCH3 is 1. The number of benzene rings is 2. The lowest BCUT2D eigenvalue weighted by molar-refractivity contribution is 0.414. The van der Waals surface area contributed by atoms with Gasteiger partial charge >= 0.3 is 0 Å². The zero-order valence-electron chi connectivity index (χ0n) is 11.5. The number of nitrogens with two attached hydrogens (primary N) is 1. The largest absolute Gasteiger partial charge is 0.497 e. The number of rotatable bonds is 5. The molecule has 0 aromatic heterocycles. The van der Waals surface area contributed by atoms with Crippen molar-refractivity contribution in [2.45, 2.75) is 10.1 Å². The van der Waals surface area contributed by atoms with Crippen molar-refractivity contribution in [3.63, 3.8) is 0 Å². The van der Waals surface area contributed by atoms with Crippen LogP contribution < -0.4 is 10.5 Å². The Kier molecular flexibility index (Phi) is 4.88. The van der Waals surface area contributed by atoms with Crippen LogP contribution in [0.5, 0.6) is 5.75 Å². The van der Waals surface area contributed by atoms with E-state index in [1.165, 1.54) is 19.2 Å². The van der Waals surface area contributed by atoms with Gasteiger partial charge in [0.2, 0.25) is 0 Å². The molecule has 2 aromatic carbocycles. The summed E-state index contributed by atoms with van der Waals surface area (Å²) >= 11 is 5.83. The van der Waals surface area contributed by atoms with Crippen molar-refractivity contribution in [1.82, 2.24) is 0 Å². The zero-order chi connectivity index (χ0) is 15.5. The molecule has 6 heteroatoms. The first-order valence-electron chi connectivity index (χ1n) is 6.32. The van der Waals surface area contributed by atoms with Gasteiger partial charge in [0.1, 0.15) is 11.0 Å². The standard InChI is InChI=1S/C15H16ClNO3S/c1-20-13-6-8-14(9-7-13)21(18,19)15(10-17)11-2-4-12(16)5-3-11/h2-9,15H,10,17H2,1H3. The first kappa shape index (κ1) is 15.8. The molecule has 0 spiro atoms. The van der Waals surface area contributed by atoms with E-state index in [2.05, 4.69) is 0 Å². The van der Waals surface area contributed by atoms with Gasteiger partial charge in [0, 0.05) is 11.6 Å². The summed E-state index contributed by atoms with van der Waals surface area (Å²) < 4.78 is 30.4. The molecule has 4 nitrogen and oxygen atoms in total. The molecular weight excluding hydrogens is 310 g/mol. The van der Waals surface area contributed by atoms with Crippen LogP contribution in [-0.4, -0.2) is 22.1 Å². The van der Waals surface area contributed by atoms with Crippen LogP contribution in [0, 0.1) is 0 Å². The highest BCUT2D eigenvalue weighted by Crippen LogP contribution is 2.29. The second kappa shape index (κ2) is 6.47. The molecule has 112 valence electrons. The van der Waals surface area contributed by atoms with Crippen LogP contribution >= 0.6 is 11.6 Å². The third-order valence-electron chi connectivity index (χ3n) is 3.22. The fraction of sp³-hybridized carbons (Fsp3) is 0.200. The maximum absolute atomic E-state index is 12.7. The molecule has 2 rings (SSSR count). The SMILES string of the molecule is COc1ccc(S(=O)(=O)C(CN)c2ccc(Cl)cc2)cc1. The highest BCUT2D eigenvalue weighted by molar-refractivity contribution is 7.91. The van der Waals surface area contributed by atoms with E-state index in [4.69, 9.17) is 22.1 Å². The van der Waals surface area contributed by atoms with Crippen LogP contribution in [0.25, 0.3) is 0 Å².